The highest BCUT2D eigenvalue weighted by Crippen LogP contribution is 2.69. The van der Waals surface area contributed by atoms with E-state index in [0.29, 0.717) is 18.3 Å². The van der Waals surface area contributed by atoms with Gasteiger partial charge in [0.05, 0.1) is 6.61 Å². The number of esters is 1. The summed E-state index contributed by atoms with van der Waals surface area (Å²) in [6.07, 6.45) is 9.59. The van der Waals surface area contributed by atoms with Crippen LogP contribution in [-0.2, 0) is 19.1 Å². The van der Waals surface area contributed by atoms with E-state index >= 15 is 0 Å². The Balaban J connectivity index is 1.74. The molecule has 0 aromatic rings. The van der Waals surface area contributed by atoms with Gasteiger partial charge < -0.3 is 4.74 Å². The van der Waals surface area contributed by atoms with Crippen molar-refractivity contribution in [3.05, 3.63) is 23.3 Å². The van der Waals surface area contributed by atoms with Gasteiger partial charge in [-0.2, -0.15) is 0 Å². The molecule has 2 saturated carbocycles. The molecule has 29 heavy (non-hydrogen) atoms. The molecule has 0 aromatic heterocycles. The third-order valence-electron chi connectivity index (χ3n) is 9.44. The summed E-state index contributed by atoms with van der Waals surface area (Å²) >= 11 is 0. The van der Waals surface area contributed by atoms with E-state index in [9.17, 15) is 14.4 Å². The van der Waals surface area contributed by atoms with Gasteiger partial charge in [0.2, 0.25) is 5.78 Å². The Labute approximate surface area is 174 Å². The zero-order valence-electron chi connectivity index (χ0n) is 18.5. The van der Waals surface area contributed by atoms with Gasteiger partial charge in [-0.15, -0.1) is 0 Å². The number of carbonyl (C=O) groups is 3. The van der Waals surface area contributed by atoms with Gasteiger partial charge in [-0.25, -0.2) is 4.79 Å². The number of Topliss-reactive ketones (excluding diaryl/α,β-unsaturated/α-hetero) is 1. The highest BCUT2D eigenvalue weighted by atomic mass is 16.5. The maximum Gasteiger partial charge on any atom is 0.375 e. The van der Waals surface area contributed by atoms with E-state index in [0.717, 1.165) is 32.1 Å². The molecular weight excluding hydrogens is 364 g/mol. The lowest BCUT2D eigenvalue weighted by Gasteiger charge is -2.55. The Morgan fingerprint density at radius 2 is 1.93 bits per heavy atom. The van der Waals surface area contributed by atoms with Crippen LogP contribution >= 0.6 is 0 Å². The summed E-state index contributed by atoms with van der Waals surface area (Å²) < 4.78 is 5.11. The molecule has 0 saturated heterocycles. The average Bonchev–Trinajstić information content (AvgIpc) is 2.89. The summed E-state index contributed by atoms with van der Waals surface area (Å²) in [5, 5.41) is 0. The van der Waals surface area contributed by atoms with Crippen LogP contribution in [0.3, 0.4) is 0 Å². The fraction of sp³-hybridized carbons (Fsp3) is 0.720. The topological polar surface area (TPSA) is 60.4 Å². The molecule has 0 N–H and O–H groups in total. The van der Waals surface area contributed by atoms with Crippen molar-refractivity contribution in [2.45, 2.75) is 73.1 Å². The minimum Gasteiger partial charge on any atom is -0.460 e. The first-order valence-electron chi connectivity index (χ1n) is 11.3. The summed E-state index contributed by atoms with van der Waals surface area (Å²) in [6.45, 7) is 10.7. The van der Waals surface area contributed by atoms with Crippen LogP contribution in [0.15, 0.2) is 23.3 Å². The number of allylic oxidation sites excluding steroid dienone is 4. The van der Waals surface area contributed by atoms with E-state index < -0.39 is 11.4 Å². The lowest BCUT2D eigenvalue weighted by atomic mass is 9.48. The van der Waals surface area contributed by atoms with Crippen molar-refractivity contribution in [3.8, 4) is 0 Å². The van der Waals surface area contributed by atoms with Crippen LogP contribution in [0.4, 0.5) is 0 Å². The van der Waals surface area contributed by atoms with Crippen LogP contribution in [0.1, 0.15) is 73.1 Å². The number of rotatable bonds is 3. The normalized spacial score (nSPS) is 43.5. The molecule has 4 rings (SSSR count). The number of hydrogen-bond donors (Lipinski definition) is 0. The second-order valence-electron chi connectivity index (χ2n) is 10.4. The zero-order chi connectivity index (χ0) is 21.2. The third kappa shape index (κ3) is 2.60. The van der Waals surface area contributed by atoms with E-state index in [2.05, 4.69) is 26.8 Å². The molecule has 4 heteroatoms. The minimum atomic E-state index is -0.703. The molecule has 0 spiro atoms. The Hall–Kier alpha value is -1.71. The molecule has 0 heterocycles. The quantitative estimate of drug-likeness (QED) is 0.388. The molecule has 0 aromatic carbocycles. The first-order chi connectivity index (χ1) is 13.6. The van der Waals surface area contributed by atoms with E-state index in [4.69, 9.17) is 4.74 Å². The Kier molecular flexibility index (Phi) is 4.71. The molecule has 2 fully saturated rings. The monoisotopic (exact) mass is 398 g/mol. The predicted octanol–water partition coefficient (Wildman–Crippen LogP) is 4.82. The highest BCUT2D eigenvalue weighted by molar-refractivity contribution is 6.36. The van der Waals surface area contributed by atoms with Crippen molar-refractivity contribution < 1.29 is 19.1 Å². The number of carbonyl (C=O) groups excluding carboxylic acids is 3. The standard InChI is InChI=1S/C25H34O4/c1-6-29-22(28)21(27)25(5)15(2)13-20-18-8-7-16-14-17(26)9-11-23(16,3)19(18)10-12-24(20,25)4/h10,14-15,18,20H,6-9,11-13H2,1-5H3/t15-,18?,20?,23+,24+,25-/m1/s1. The molecule has 0 bridgehead atoms. The summed E-state index contributed by atoms with van der Waals surface area (Å²) in [5.41, 5.74) is 1.84. The van der Waals surface area contributed by atoms with Gasteiger partial charge in [0, 0.05) is 17.3 Å². The fourth-order valence-electron chi connectivity index (χ4n) is 7.32. The van der Waals surface area contributed by atoms with Crippen molar-refractivity contribution in [1.82, 2.24) is 0 Å². The average molecular weight is 399 g/mol. The summed E-state index contributed by atoms with van der Waals surface area (Å²) in [4.78, 5) is 37.7. The molecule has 4 aliphatic rings. The van der Waals surface area contributed by atoms with Gasteiger partial charge in [-0.1, -0.05) is 44.9 Å². The number of ether oxygens (including phenoxy) is 1. The van der Waals surface area contributed by atoms with Crippen LogP contribution in [0.5, 0.6) is 0 Å². The first-order valence-corrected chi connectivity index (χ1v) is 11.3. The Morgan fingerprint density at radius 3 is 2.62 bits per heavy atom. The van der Waals surface area contributed by atoms with Gasteiger partial charge in [0.15, 0.2) is 5.78 Å². The van der Waals surface area contributed by atoms with E-state index in [1.165, 1.54) is 11.1 Å². The van der Waals surface area contributed by atoms with E-state index in [1.807, 2.05) is 13.0 Å². The van der Waals surface area contributed by atoms with Crippen LogP contribution in [-0.4, -0.2) is 24.1 Å². The first kappa shape index (κ1) is 20.6. The SMILES string of the molecule is CCOC(=O)C(=O)[C@@]1(C)[C@H](C)CC2C3CCC4=CC(=O)CC[C@]4(C)C3=CC[C@@]21C. The maximum atomic E-state index is 13.3. The maximum absolute atomic E-state index is 13.3. The van der Waals surface area contributed by atoms with Crippen molar-refractivity contribution in [3.63, 3.8) is 0 Å². The molecule has 0 radical (unpaired) electrons. The summed E-state index contributed by atoms with van der Waals surface area (Å²) in [6, 6.07) is 0. The van der Waals surface area contributed by atoms with Gasteiger partial charge in [0.1, 0.15) is 0 Å². The van der Waals surface area contributed by atoms with Crippen molar-refractivity contribution in [2.24, 2.45) is 34.0 Å². The smallest absolute Gasteiger partial charge is 0.375 e. The Bertz CT molecular complexity index is 836. The van der Waals surface area contributed by atoms with E-state index in [-0.39, 0.29) is 34.9 Å². The molecule has 158 valence electrons. The molecular formula is C25H34O4. The molecule has 6 atom stereocenters. The predicted molar refractivity (Wildman–Crippen MR) is 111 cm³/mol. The van der Waals surface area contributed by atoms with Gasteiger partial charge in [-0.3, -0.25) is 9.59 Å². The van der Waals surface area contributed by atoms with Crippen LogP contribution < -0.4 is 0 Å². The third-order valence-corrected chi connectivity index (χ3v) is 9.44. The largest absolute Gasteiger partial charge is 0.460 e. The van der Waals surface area contributed by atoms with Gasteiger partial charge >= 0.3 is 5.97 Å². The number of ketones is 2. The van der Waals surface area contributed by atoms with Crippen LogP contribution in [0.25, 0.3) is 0 Å². The van der Waals surface area contributed by atoms with Crippen LogP contribution in [0, 0.1) is 34.0 Å². The summed E-state index contributed by atoms with van der Waals surface area (Å²) in [7, 11) is 0. The minimum absolute atomic E-state index is 0.00840. The Morgan fingerprint density at radius 1 is 1.21 bits per heavy atom. The number of hydrogen-bond acceptors (Lipinski definition) is 4. The van der Waals surface area contributed by atoms with Crippen LogP contribution in [0.2, 0.25) is 0 Å². The van der Waals surface area contributed by atoms with E-state index in [1.54, 1.807) is 6.92 Å². The number of fused-ring (bicyclic) bond motifs is 5. The lowest BCUT2D eigenvalue weighted by molar-refractivity contribution is -0.163. The molecule has 0 aliphatic heterocycles. The molecule has 4 nitrogen and oxygen atoms in total. The van der Waals surface area contributed by atoms with Crippen molar-refractivity contribution in [1.29, 1.82) is 0 Å². The summed E-state index contributed by atoms with van der Waals surface area (Å²) in [5.74, 6) is 0.198. The molecule has 4 aliphatic carbocycles. The molecule has 2 unspecified atom stereocenters. The van der Waals surface area contributed by atoms with Crippen molar-refractivity contribution >= 4 is 17.5 Å². The zero-order valence-corrected chi connectivity index (χ0v) is 18.5. The van der Waals surface area contributed by atoms with Gasteiger partial charge in [0.25, 0.3) is 0 Å². The fourth-order valence-corrected chi connectivity index (χ4v) is 7.32. The van der Waals surface area contributed by atoms with Gasteiger partial charge in [-0.05, 0) is 68.3 Å². The highest BCUT2D eigenvalue weighted by Gasteiger charge is 2.66. The second-order valence-corrected chi connectivity index (χ2v) is 10.4. The lowest BCUT2D eigenvalue weighted by Crippen LogP contribution is -2.52. The second kappa shape index (κ2) is 6.65. The molecule has 0 amide bonds. The van der Waals surface area contributed by atoms with Crippen molar-refractivity contribution in [2.75, 3.05) is 6.61 Å².